The number of fused-ring (bicyclic) bond motifs is 2. The summed E-state index contributed by atoms with van der Waals surface area (Å²) in [5.41, 5.74) is 1.02. The van der Waals surface area contributed by atoms with Gasteiger partial charge in [-0.25, -0.2) is 4.79 Å². The molecule has 2 N–H and O–H groups in total. The van der Waals surface area contributed by atoms with Gasteiger partial charge < -0.3 is 33.7 Å². The molecule has 0 aromatic heterocycles. The second kappa shape index (κ2) is 8.56. The Bertz CT molecular complexity index is 1010. The molecule has 10 heteroatoms. The summed E-state index contributed by atoms with van der Waals surface area (Å²) < 4.78 is 32.8. The maximum absolute atomic E-state index is 12.7. The third-order valence-electron chi connectivity index (χ3n) is 5.55. The van der Waals surface area contributed by atoms with E-state index in [9.17, 15) is 9.59 Å². The number of hydrogen-bond donors (Lipinski definition) is 2. The van der Waals surface area contributed by atoms with Gasteiger partial charge in [0.25, 0.3) is 5.91 Å². The number of hydrogen-bond acceptors (Lipinski definition) is 8. The molecule has 0 unspecified atom stereocenters. The summed E-state index contributed by atoms with van der Waals surface area (Å²) in [6.45, 7) is 0.579. The Labute approximate surface area is 183 Å². The van der Waals surface area contributed by atoms with E-state index in [-0.39, 0.29) is 32.0 Å². The Morgan fingerprint density at radius 2 is 1.75 bits per heavy atom. The number of methoxy groups -OCH3 is 1. The third kappa shape index (κ3) is 4.02. The molecule has 0 saturated carbocycles. The van der Waals surface area contributed by atoms with E-state index in [0.29, 0.717) is 28.5 Å². The Morgan fingerprint density at radius 1 is 0.969 bits per heavy atom. The van der Waals surface area contributed by atoms with Crippen molar-refractivity contribution in [2.45, 2.75) is 24.4 Å². The molecule has 2 amide bonds. The lowest BCUT2D eigenvalue weighted by Crippen LogP contribution is -2.44. The maximum atomic E-state index is 12.7. The van der Waals surface area contributed by atoms with Gasteiger partial charge in [-0.1, -0.05) is 0 Å². The van der Waals surface area contributed by atoms with E-state index in [1.54, 1.807) is 49.6 Å². The van der Waals surface area contributed by atoms with Crippen LogP contribution in [0.1, 0.15) is 10.4 Å². The van der Waals surface area contributed by atoms with Gasteiger partial charge in [0.05, 0.1) is 26.4 Å². The predicted molar refractivity (Wildman–Crippen MR) is 110 cm³/mol. The minimum atomic E-state index is -0.610. The van der Waals surface area contributed by atoms with E-state index in [1.807, 2.05) is 0 Å². The first-order valence-electron chi connectivity index (χ1n) is 10.2. The van der Waals surface area contributed by atoms with Gasteiger partial charge in [-0.2, -0.15) is 0 Å². The Kier molecular flexibility index (Phi) is 5.46. The average molecular weight is 442 g/mol. The highest BCUT2D eigenvalue weighted by molar-refractivity contribution is 5.95. The van der Waals surface area contributed by atoms with Crippen molar-refractivity contribution in [3.8, 4) is 17.2 Å². The first-order valence-corrected chi connectivity index (χ1v) is 10.2. The molecule has 2 saturated heterocycles. The molecule has 32 heavy (non-hydrogen) atoms. The number of benzene rings is 2. The van der Waals surface area contributed by atoms with Crippen LogP contribution in [-0.4, -0.2) is 63.5 Å². The normalized spacial score (nSPS) is 25.2. The van der Waals surface area contributed by atoms with Crippen molar-refractivity contribution in [1.82, 2.24) is 5.32 Å². The molecule has 0 radical (unpaired) electrons. The van der Waals surface area contributed by atoms with E-state index in [0.717, 1.165) is 0 Å². The molecule has 0 aliphatic carbocycles. The Morgan fingerprint density at radius 3 is 2.56 bits per heavy atom. The Balaban J connectivity index is 1.15. The average Bonchev–Trinajstić information content (AvgIpc) is 3.52. The first kappa shape index (κ1) is 20.4. The maximum Gasteiger partial charge on any atom is 0.412 e. The number of carbonyl (C=O) groups is 2. The highest BCUT2D eigenvalue weighted by Gasteiger charge is 2.50. The van der Waals surface area contributed by atoms with Crippen molar-refractivity contribution in [1.29, 1.82) is 0 Å². The van der Waals surface area contributed by atoms with Gasteiger partial charge in [0.15, 0.2) is 17.6 Å². The second-order valence-corrected chi connectivity index (χ2v) is 7.54. The molecular weight excluding hydrogens is 420 g/mol. The molecule has 2 fully saturated rings. The Hall–Kier alpha value is -3.50. The number of rotatable bonds is 5. The zero-order chi connectivity index (χ0) is 22.1. The fourth-order valence-electron chi connectivity index (χ4n) is 3.94. The van der Waals surface area contributed by atoms with Crippen molar-refractivity contribution in [2.75, 3.05) is 32.4 Å². The lowest BCUT2D eigenvalue weighted by Gasteiger charge is -2.18. The van der Waals surface area contributed by atoms with Gasteiger partial charge in [0.1, 0.15) is 18.0 Å². The molecule has 3 aliphatic rings. The fraction of sp³-hybridized carbons (Fsp3) is 0.364. The molecular formula is C22H22N2O8. The van der Waals surface area contributed by atoms with Crippen LogP contribution in [0.3, 0.4) is 0 Å². The van der Waals surface area contributed by atoms with E-state index in [2.05, 4.69) is 10.6 Å². The highest BCUT2D eigenvalue weighted by atomic mass is 16.7. The van der Waals surface area contributed by atoms with Crippen molar-refractivity contribution in [3.63, 3.8) is 0 Å². The summed E-state index contributed by atoms with van der Waals surface area (Å²) in [7, 11) is 1.57. The first-order chi connectivity index (χ1) is 15.6. The fourth-order valence-corrected chi connectivity index (χ4v) is 3.94. The van der Waals surface area contributed by atoms with Gasteiger partial charge >= 0.3 is 6.09 Å². The minimum absolute atomic E-state index is 0.141. The second-order valence-electron chi connectivity index (χ2n) is 7.54. The summed E-state index contributed by atoms with van der Waals surface area (Å²) >= 11 is 0. The zero-order valence-corrected chi connectivity index (χ0v) is 17.2. The molecule has 2 aromatic rings. The van der Waals surface area contributed by atoms with Crippen LogP contribution in [0.25, 0.3) is 0 Å². The molecule has 3 heterocycles. The van der Waals surface area contributed by atoms with Gasteiger partial charge in [0, 0.05) is 11.3 Å². The van der Waals surface area contributed by atoms with Crippen molar-refractivity contribution in [3.05, 3.63) is 48.0 Å². The molecule has 4 atom stereocenters. The lowest BCUT2D eigenvalue weighted by atomic mass is 10.1. The molecule has 5 rings (SSSR count). The molecule has 168 valence electrons. The van der Waals surface area contributed by atoms with Gasteiger partial charge in [-0.3, -0.25) is 10.1 Å². The van der Waals surface area contributed by atoms with E-state index >= 15 is 0 Å². The van der Waals surface area contributed by atoms with Crippen LogP contribution in [0.2, 0.25) is 0 Å². The van der Waals surface area contributed by atoms with Crippen molar-refractivity contribution < 1.29 is 38.0 Å². The van der Waals surface area contributed by atoms with Crippen molar-refractivity contribution in [2.24, 2.45) is 0 Å². The van der Waals surface area contributed by atoms with Crippen LogP contribution in [0.5, 0.6) is 17.2 Å². The van der Waals surface area contributed by atoms with Gasteiger partial charge in [0.2, 0.25) is 6.79 Å². The minimum Gasteiger partial charge on any atom is -0.497 e. The largest absolute Gasteiger partial charge is 0.497 e. The standard InChI is InChI=1S/C22H22N2O8/c1-27-14-5-3-13(4-6-14)23-22(26)32-18-10-29-19-15(9-28-20(18)19)24-21(25)12-2-7-16-17(8-12)31-11-30-16/h2-8,15,18-20H,9-11H2,1H3,(H,23,26)(H,24,25)/t15-,18-,19-,20+/m0/s1. The number of carbonyl (C=O) groups excluding carboxylic acids is 2. The summed E-state index contributed by atoms with van der Waals surface area (Å²) in [5, 5.41) is 5.59. The van der Waals surface area contributed by atoms with Crippen LogP contribution >= 0.6 is 0 Å². The molecule has 3 aliphatic heterocycles. The number of nitrogens with one attached hydrogen (secondary N) is 2. The van der Waals surface area contributed by atoms with Gasteiger partial charge in [-0.15, -0.1) is 0 Å². The molecule has 0 bridgehead atoms. The van der Waals surface area contributed by atoms with Crippen LogP contribution in [0.15, 0.2) is 42.5 Å². The van der Waals surface area contributed by atoms with Crippen molar-refractivity contribution >= 4 is 17.7 Å². The zero-order valence-electron chi connectivity index (χ0n) is 17.2. The summed E-state index contributed by atoms with van der Waals surface area (Å²) in [5.74, 6) is 1.55. The summed E-state index contributed by atoms with van der Waals surface area (Å²) in [6.07, 6.45) is -2.06. The van der Waals surface area contributed by atoms with Crippen LogP contribution in [-0.2, 0) is 14.2 Å². The van der Waals surface area contributed by atoms with Crippen LogP contribution in [0.4, 0.5) is 10.5 Å². The lowest BCUT2D eigenvalue weighted by molar-refractivity contribution is 0.00861. The molecule has 0 spiro atoms. The highest BCUT2D eigenvalue weighted by Crippen LogP contribution is 2.33. The van der Waals surface area contributed by atoms with Gasteiger partial charge in [-0.05, 0) is 42.5 Å². The smallest absolute Gasteiger partial charge is 0.412 e. The number of ether oxygens (including phenoxy) is 6. The van der Waals surface area contributed by atoms with E-state index in [4.69, 9.17) is 28.4 Å². The summed E-state index contributed by atoms with van der Waals surface area (Å²) in [4.78, 5) is 25.0. The molecule has 2 aromatic carbocycles. The predicted octanol–water partition coefficient (Wildman–Crippen LogP) is 1.94. The molecule has 10 nitrogen and oxygen atoms in total. The monoisotopic (exact) mass is 442 g/mol. The quantitative estimate of drug-likeness (QED) is 0.722. The number of anilines is 1. The SMILES string of the molecule is COc1ccc(NC(=O)O[C@H]2CO[C@@H]3[C@@H]2OC[C@@H]3NC(=O)c2ccc3c(c2)OCO3)cc1. The van der Waals surface area contributed by atoms with E-state index in [1.165, 1.54) is 0 Å². The van der Waals surface area contributed by atoms with Crippen LogP contribution < -0.4 is 24.8 Å². The number of amides is 2. The summed E-state index contributed by atoms with van der Waals surface area (Å²) in [6, 6.07) is 11.5. The topological polar surface area (TPSA) is 114 Å². The third-order valence-corrected chi connectivity index (χ3v) is 5.55. The van der Waals surface area contributed by atoms with E-state index < -0.39 is 24.4 Å². The van der Waals surface area contributed by atoms with Crippen LogP contribution in [0, 0.1) is 0 Å².